The fraction of sp³-hybridized carbons (Fsp3) is 0.500. The molecule has 1 aliphatic heterocycles. The minimum atomic E-state index is -0.129. The molecule has 0 spiro atoms. The van der Waals surface area contributed by atoms with Crippen LogP contribution in [0, 0.1) is 0 Å². The maximum absolute atomic E-state index is 13.0. The predicted molar refractivity (Wildman–Crippen MR) is 135 cm³/mol. The fourth-order valence-electron chi connectivity index (χ4n) is 4.09. The summed E-state index contributed by atoms with van der Waals surface area (Å²) in [4.78, 5) is 20.9. The summed E-state index contributed by atoms with van der Waals surface area (Å²) in [5, 5.41) is 14.2. The van der Waals surface area contributed by atoms with Crippen LogP contribution in [0.25, 0.3) is 10.9 Å². The van der Waals surface area contributed by atoms with Crippen molar-refractivity contribution in [3.63, 3.8) is 0 Å². The number of likely N-dealkylation sites (N-methyl/N-ethyl adjacent to an activating group) is 1. The first kappa shape index (κ1) is 22.5. The van der Waals surface area contributed by atoms with Crippen LogP contribution in [0.15, 0.2) is 30.5 Å². The zero-order valence-electron chi connectivity index (χ0n) is 18.1. The van der Waals surface area contributed by atoms with Crippen LogP contribution in [0.4, 0.5) is 5.13 Å². The maximum Gasteiger partial charge on any atom is 0.282 e. The Bertz CT molecular complexity index is 1020. The lowest BCUT2D eigenvalue weighted by Gasteiger charge is -2.41. The van der Waals surface area contributed by atoms with Gasteiger partial charge in [-0.25, -0.2) is 0 Å². The van der Waals surface area contributed by atoms with Crippen molar-refractivity contribution in [3.05, 3.63) is 41.0 Å². The highest BCUT2D eigenvalue weighted by Gasteiger charge is 2.30. The van der Waals surface area contributed by atoms with Crippen molar-refractivity contribution in [2.45, 2.75) is 49.2 Å². The predicted octanol–water partition coefficient (Wildman–Crippen LogP) is 4.06. The number of hydrogen-bond acceptors (Lipinski definition) is 6. The number of halogens is 1. The lowest BCUT2D eigenvalue weighted by atomic mass is 10.0. The number of fused-ring (bicyclic) bond motifs is 1. The van der Waals surface area contributed by atoms with E-state index in [1.807, 2.05) is 6.07 Å². The van der Waals surface area contributed by atoms with Gasteiger partial charge in [-0.05, 0) is 38.4 Å². The van der Waals surface area contributed by atoms with E-state index in [-0.39, 0.29) is 11.9 Å². The molecule has 31 heavy (non-hydrogen) atoms. The Labute approximate surface area is 200 Å². The molecule has 1 unspecified atom stereocenters. The molecule has 1 fully saturated rings. The molecular formula is C22H29IN6OS. The first-order valence-electron chi connectivity index (χ1n) is 10.8. The fourth-order valence-corrected chi connectivity index (χ4v) is 5.88. The lowest BCUT2D eigenvalue weighted by Crippen LogP contribution is -2.53. The quantitative estimate of drug-likeness (QED) is 0.263. The van der Waals surface area contributed by atoms with Gasteiger partial charge < -0.3 is 15.2 Å². The molecule has 1 aliphatic rings. The zero-order chi connectivity index (χ0) is 22.0. The molecule has 1 amide bonds. The maximum atomic E-state index is 13.0. The highest BCUT2D eigenvalue weighted by atomic mass is 127. The number of rotatable bonds is 7. The van der Waals surface area contributed by atoms with E-state index < -0.39 is 0 Å². The summed E-state index contributed by atoms with van der Waals surface area (Å²) in [6.45, 7) is 6.14. The Kier molecular flexibility index (Phi) is 7.12. The van der Waals surface area contributed by atoms with Gasteiger partial charge in [-0.1, -0.05) is 65.5 Å². The van der Waals surface area contributed by atoms with E-state index in [0.29, 0.717) is 15.1 Å². The standard InChI is InChI=1S/C22H29IN6OS/c1-4-7-16(10-15-11-24-18-9-6-5-8-17(15)18)25-20(30)21-26-27-22(31-21)29-12-14(2)28(3)19(23)13-29/h5-6,8-9,11,14,16,19,24H,4,7,10,12-13H2,1-3H3,(H,25,30)/t14-,16?,19-/m1/s1. The highest BCUT2D eigenvalue weighted by Crippen LogP contribution is 2.27. The van der Waals surface area contributed by atoms with Crippen LogP contribution in [-0.2, 0) is 6.42 Å². The molecule has 4 rings (SSSR count). The van der Waals surface area contributed by atoms with E-state index in [9.17, 15) is 4.79 Å². The van der Waals surface area contributed by atoms with Gasteiger partial charge in [-0.2, -0.15) is 0 Å². The number of carbonyl (C=O) groups is 1. The molecule has 1 saturated heterocycles. The van der Waals surface area contributed by atoms with Crippen molar-refractivity contribution in [1.82, 2.24) is 25.4 Å². The SMILES string of the molecule is CCCC(Cc1c[nH]c2ccccc12)NC(=O)c1nnc(N2C[C@@H](C)N(C)[C@@H](I)C2)s1. The van der Waals surface area contributed by atoms with Crippen LogP contribution in [0.1, 0.15) is 42.1 Å². The molecule has 3 aromatic rings. The second kappa shape index (κ2) is 9.83. The largest absolute Gasteiger partial charge is 0.361 e. The number of para-hydroxylation sites is 1. The number of amides is 1. The minimum Gasteiger partial charge on any atom is -0.361 e. The number of nitrogens with one attached hydrogen (secondary N) is 2. The lowest BCUT2D eigenvalue weighted by molar-refractivity contribution is 0.0933. The van der Waals surface area contributed by atoms with Crippen LogP contribution in [0.3, 0.4) is 0 Å². The summed E-state index contributed by atoms with van der Waals surface area (Å²) < 4.78 is 0.410. The summed E-state index contributed by atoms with van der Waals surface area (Å²) >= 11 is 3.85. The third-order valence-corrected chi connectivity index (χ3v) is 8.24. The Morgan fingerprint density at radius 3 is 2.94 bits per heavy atom. The summed E-state index contributed by atoms with van der Waals surface area (Å²) in [6, 6.07) is 8.78. The third kappa shape index (κ3) is 5.04. The number of aromatic amines is 1. The molecule has 2 N–H and O–H groups in total. The summed E-state index contributed by atoms with van der Waals surface area (Å²) in [6.07, 6.45) is 4.77. The summed E-state index contributed by atoms with van der Waals surface area (Å²) in [7, 11) is 2.15. The van der Waals surface area contributed by atoms with Crippen LogP contribution in [0.5, 0.6) is 0 Å². The Hall–Kier alpha value is -1.72. The number of hydrogen-bond donors (Lipinski definition) is 2. The first-order chi connectivity index (χ1) is 15.0. The van der Waals surface area contributed by atoms with Gasteiger partial charge in [0.2, 0.25) is 10.1 Å². The summed E-state index contributed by atoms with van der Waals surface area (Å²) in [5.41, 5.74) is 2.36. The molecule has 0 saturated carbocycles. The third-order valence-electron chi connectivity index (χ3n) is 5.99. The monoisotopic (exact) mass is 552 g/mol. The number of nitrogens with zero attached hydrogens (tertiary/aromatic N) is 4. The molecule has 0 bridgehead atoms. The smallest absolute Gasteiger partial charge is 0.282 e. The number of benzene rings is 1. The molecule has 7 nitrogen and oxygen atoms in total. The van der Waals surface area contributed by atoms with Crippen molar-refractivity contribution in [1.29, 1.82) is 0 Å². The van der Waals surface area contributed by atoms with Gasteiger partial charge in [0, 0.05) is 42.3 Å². The van der Waals surface area contributed by atoms with Gasteiger partial charge in [0.05, 0.1) is 4.05 Å². The number of anilines is 1. The van der Waals surface area contributed by atoms with Crippen LogP contribution >= 0.6 is 33.9 Å². The molecule has 0 radical (unpaired) electrons. The van der Waals surface area contributed by atoms with Gasteiger partial charge in [-0.3, -0.25) is 9.69 Å². The normalized spacial score (nSPS) is 20.8. The second-order valence-electron chi connectivity index (χ2n) is 8.27. The highest BCUT2D eigenvalue weighted by molar-refractivity contribution is 14.1. The number of carbonyl (C=O) groups excluding carboxylic acids is 1. The van der Waals surface area contributed by atoms with E-state index in [1.165, 1.54) is 22.3 Å². The second-order valence-corrected chi connectivity index (χ2v) is 10.7. The Morgan fingerprint density at radius 1 is 1.35 bits per heavy atom. The molecule has 2 aromatic heterocycles. The van der Waals surface area contributed by atoms with Crippen LogP contribution < -0.4 is 10.2 Å². The molecule has 1 aromatic carbocycles. The van der Waals surface area contributed by atoms with Crippen LogP contribution in [-0.4, -0.2) is 62.3 Å². The first-order valence-corrected chi connectivity index (χ1v) is 12.8. The molecule has 0 aliphatic carbocycles. The van der Waals surface area contributed by atoms with Crippen molar-refractivity contribution in [2.75, 3.05) is 25.0 Å². The number of alkyl halides is 1. The van der Waals surface area contributed by atoms with E-state index in [1.54, 1.807) is 0 Å². The topological polar surface area (TPSA) is 77.1 Å². The number of aromatic nitrogens is 3. The number of piperazine rings is 1. The Balaban J connectivity index is 1.43. The molecule has 3 heterocycles. The van der Waals surface area contributed by atoms with Crippen molar-refractivity contribution >= 4 is 55.9 Å². The Morgan fingerprint density at radius 2 is 2.16 bits per heavy atom. The average Bonchev–Trinajstić information content (AvgIpc) is 3.40. The van der Waals surface area contributed by atoms with Gasteiger partial charge in [0.15, 0.2) is 0 Å². The molecule has 9 heteroatoms. The van der Waals surface area contributed by atoms with Gasteiger partial charge in [0.1, 0.15) is 0 Å². The molecule has 166 valence electrons. The zero-order valence-corrected chi connectivity index (χ0v) is 21.1. The minimum absolute atomic E-state index is 0.0615. The van der Waals surface area contributed by atoms with E-state index in [4.69, 9.17) is 0 Å². The van der Waals surface area contributed by atoms with Crippen molar-refractivity contribution in [2.24, 2.45) is 0 Å². The molecule has 3 atom stereocenters. The molecular weight excluding hydrogens is 523 g/mol. The number of H-pyrrole nitrogens is 1. The van der Waals surface area contributed by atoms with Gasteiger partial charge in [-0.15, -0.1) is 10.2 Å². The van der Waals surface area contributed by atoms with Gasteiger partial charge >= 0.3 is 0 Å². The van der Waals surface area contributed by atoms with E-state index in [0.717, 1.165) is 43.0 Å². The van der Waals surface area contributed by atoms with Crippen molar-refractivity contribution in [3.8, 4) is 0 Å². The van der Waals surface area contributed by atoms with Crippen molar-refractivity contribution < 1.29 is 4.79 Å². The van der Waals surface area contributed by atoms with E-state index in [2.05, 4.69) is 98.2 Å². The van der Waals surface area contributed by atoms with Gasteiger partial charge in [0.25, 0.3) is 5.91 Å². The van der Waals surface area contributed by atoms with Crippen LogP contribution in [0.2, 0.25) is 0 Å². The summed E-state index contributed by atoms with van der Waals surface area (Å²) in [5.74, 6) is -0.129. The average molecular weight is 552 g/mol. The van der Waals surface area contributed by atoms with E-state index >= 15 is 0 Å².